The summed E-state index contributed by atoms with van der Waals surface area (Å²) in [5.74, 6) is -0.163. The zero-order valence-electron chi connectivity index (χ0n) is 15.3. The number of benzene rings is 2. The van der Waals surface area contributed by atoms with E-state index in [9.17, 15) is 13.2 Å². The lowest BCUT2D eigenvalue weighted by Crippen LogP contribution is -2.40. The van der Waals surface area contributed by atoms with Gasteiger partial charge in [-0.2, -0.15) is 4.31 Å². The number of ether oxygens (including phenoxy) is 1. The first-order chi connectivity index (χ1) is 13.4. The third-order valence-electron chi connectivity index (χ3n) is 4.23. The zero-order valence-corrected chi connectivity index (χ0v) is 17.7. The second-order valence-electron chi connectivity index (χ2n) is 6.24. The number of nitrogens with zero attached hydrogens (tertiary/aromatic N) is 1. The van der Waals surface area contributed by atoms with Gasteiger partial charge in [0.25, 0.3) is 0 Å². The summed E-state index contributed by atoms with van der Waals surface area (Å²) in [6.45, 7) is 3.31. The number of amides is 1. The lowest BCUT2D eigenvalue weighted by atomic mass is 10.3. The largest absolute Gasteiger partial charge is 0.379 e. The fraction of sp³-hybridized carbons (Fsp3) is 0.316. The molecule has 1 aliphatic rings. The summed E-state index contributed by atoms with van der Waals surface area (Å²) in [4.78, 5) is 13.6. The number of thioether (sulfide) groups is 1. The molecule has 3 rings (SSSR count). The average molecular weight is 441 g/mol. The molecule has 150 valence electrons. The second-order valence-corrected chi connectivity index (χ2v) is 10.0. The van der Waals surface area contributed by atoms with Crippen molar-refractivity contribution in [3.8, 4) is 0 Å². The molecule has 0 spiro atoms. The molecule has 1 fully saturated rings. The second kappa shape index (κ2) is 9.28. The van der Waals surface area contributed by atoms with Crippen molar-refractivity contribution in [2.75, 3.05) is 31.6 Å². The molecule has 9 heteroatoms. The van der Waals surface area contributed by atoms with E-state index in [0.29, 0.717) is 37.0 Å². The van der Waals surface area contributed by atoms with Gasteiger partial charge in [0.05, 0.1) is 23.4 Å². The fourth-order valence-corrected chi connectivity index (χ4v) is 5.06. The number of hydrogen-bond donors (Lipinski definition) is 1. The molecule has 1 atom stereocenters. The highest BCUT2D eigenvalue weighted by atomic mass is 35.5. The molecule has 0 aromatic heterocycles. The summed E-state index contributed by atoms with van der Waals surface area (Å²) in [7, 11) is -3.54. The Kier molecular flexibility index (Phi) is 7.00. The van der Waals surface area contributed by atoms with E-state index in [-0.39, 0.29) is 16.1 Å². The van der Waals surface area contributed by atoms with Gasteiger partial charge in [0.1, 0.15) is 0 Å². The summed E-state index contributed by atoms with van der Waals surface area (Å²) in [6.07, 6.45) is 0. The van der Waals surface area contributed by atoms with Crippen LogP contribution < -0.4 is 5.32 Å². The number of anilines is 1. The Labute approximate surface area is 174 Å². The Morgan fingerprint density at radius 3 is 2.32 bits per heavy atom. The van der Waals surface area contributed by atoms with Gasteiger partial charge in [-0.15, -0.1) is 11.8 Å². The Morgan fingerprint density at radius 2 is 1.71 bits per heavy atom. The van der Waals surface area contributed by atoms with Crippen molar-refractivity contribution >= 4 is 45.0 Å². The van der Waals surface area contributed by atoms with Gasteiger partial charge in [-0.05, 0) is 55.5 Å². The van der Waals surface area contributed by atoms with Crippen molar-refractivity contribution in [3.63, 3.8) is 0 Å². The monoisotopic (exact) mass is 440 g/mol. The standard InChI is InChI=1S/C19H21ClN2O4S2/c1-14(27-17-6-2-15(20)3-7-17)19(23)21-16-4-8-18(9-5-16)28(24,25)22-10-12-26-13-11-22/h2-9,14H,10-13H2,1H3,(H,21,23)/t14-/m0/s1. The van der Waals surface area contributed by atoms with Gasteiger partial charge in [0.2, 0.25) is 15.9 Å². The van der Waals surface area contributed by atoms with Gasteiger partial charge < -0.3 is 10.1 Å². The summed E-state index contributed by atoms with van der Waals surface area (Å²) < 4.78 is 31.9. The van der Waals surface area contributed by atoms with Crippen LogP contribution in [-0.4, -0.2) is 50.2 Å². The minimum atomic E-state index is -3.54. The molecule has 6 nitrogen and oxygen atoms in total. The molecular formula is C19H21ClN2O4S2. The van der Waals surface area contributed by atoms with Crippen molar-refractivity contribution in [1.82, 2.24) is 4.31 Å². The third-order valence-corrected chi connectivity index (χ3v) is 7.50. The highest BCUT2D eigenvalue weighted by Gasteiger charge is 2.26. The average Bonchev–Trinajstić information content (AvgIpc) is 2.70. The van der Waals surface area contributed by atoms with Crippen molar-refractivity contribution in [3.05, 3.63) is 53.6 Å². The van der Waals surface area contributed by atoms with Crippen LogP contribution >= 0.6 is 23.4 Å². The number of halogens is 1. The maximum absolute atomic E-state index is 12.6. The Balaban J connectivity index is 1.61. The van der Waals surface area contributed by atoms with Gasteiger partial charge in [-0.25, -0.2) is 8.42 Å². The molecule has 0 unspecified atom stereocenters. The molecular weight excluding hydrogens is 420 g/mol. The topological polar surface area (TPSA) is 75.7 Å². The summed E-state index contributed by atoms with van der Waals surface area (Å²) in [5, 5.41) is 3.14. The van der Waals surface area contributed by atoms with Crippen molar-refractivity contribution in [1.29, 1.82) is 0 Å². The molecule has 1 aliphatic heterocycles. The quantitative estimate of drug-likeness (QED) is 0.696. The van der Waals surface area contributed by atoms with E-state index in [0.717, 1.165) is 4.90 Å². The maximum atomic E-state index is 12.6. The molecule has 1 amide bonds. The number of nitrogens with one attached hydrogen (secondary N) is 1. The first kappa shape index (κ1) is 21.1. The van der Waals surface area contributed by atoms with E-state index < -0.39 is 10.0 Å². The normalized spacial score (nSPS) is 16.5. The number of carbonyl (C=O) groups is 1. The van der Waals surface area contributed by atoms with Crippen molar-refractivity contribution in [2.45, 2.75) is 22.0 Å². The van der Waals surface area contributed by atoms with Crippen LogP contribution in [0.3, 0.4) is 0 Å². The van der Waals surface area contributed by atoms with E-state index in [4.69, 9.17) is 16.3 Å². The summed E-state index contributed by atoms with van der Waals surface area (Å²) in [5.41, 5.74) is 0.550. The van der Waals surface area contributed by atoms with Crippen LogP contribution in [0.15, 0.2) is 58.3 Å². The fourth-order valence-electron chi connectivity index (χ4n) is 2.66. The Bertz CT molecular complexity index is 912. The molecule has 0 bridgehead atoms. The minimum Gasteiger partial charge on any atom is -0.379 e. The van der Waals surface area contributed by atoms with Crippen LogP contribution in [0, 0.1) is 0 Å². The van der Waals surface area contributed by atoms with E-state index in [1.807, 2.05) is 19.1 Å². The van der Waals surface area contributed by atoms with Gasteiger partial charge >= 0.3 is 0 Å². The Morgan fingerprint density at radius 1 is 1.11 bits per heavy atom. The molecule has 2 aromatic carbocycles. The number of sulfonamides is 1. The molecule has 0 aliphatic carbocycles. The lowest BCUT2D eigenvalue weighted by Gasteiger charge is -2.26. The van der Waals surface area contributed by atoms with E-state index >= 15 is 0 Å². The number of morpholine rings is 1. The number of rotatable bonds is 6. The van der Waals surface area contributed by atoms with Crippen LogP contribution in [0.5, 0.6) is 0 Å². The van der Waals surface area contributed by atoms with Crippen LogP contribution in [0.2, 0.25) is 5.02 Å². The summed E-state index contributed by atoms with van der Waals surface area (Å²) >= 11 is 7.29. The van der Waals surface area contributed by atoms with E-state index in [2.05, 4.69) is 5.32 Å². The molecule has 2 aromatic rings. The molecule has 1 N–H and O–H groups in total. The van der Waals surface area contributed by atoms with Crippen LogP contribution in [0.1, 0.15) is 6.92 Å². The predicted molar refractivity (Wildman–Crippen MR) is 111 cm³/mol. The Hall–Kier alpha value is -1.58. The highest BCUT2D eigenvalue weighted by molar-refractivity contribution is 8.00. The first-order valence-corrected chi connectivity index (χ1v) is 11.5. The van der Waals surface area contributed by atoms with Crippen LogP contribution in [-0.2, 0) is 19.6 Å². The lowest BCUT2D eigenvalue weighted by molar-refractivity contribution is -0.115. The molecule has 0 saturated carbocycles. The third kappa shape index (κ3) is 5.27. The number of carbonyl (C=O) groups excluding carboxylic acids is 1. The number of hydrogen-bond acceptors (Lipinski definition) is 5. The zero-order chi connectivity index (χ0) is 20.1. The minimum absolute atomic E-state index is 0.163. The first-order valence-electron chi connectivity index (χ1n) is 8.77. The molecule has 28 heavy (non-hydrogen) atoms. The maximum Gasteiger partial charge on any atom is 0.243 e. The van der Waals surface area contributed by atoms with Gasteiger partial charge in [-0.3, -0.25) is 4.79 Å². The van der Waals surface area contributed by atoms with Gasteiger partial charge in [0.15, 0.2) is 0 Å². The van der Waals surface area contributed by atoms with Gasteiger partial charge in [0, 0.05) is 28.7 Å². The molecule has 1 heterocycles. The van der Waals surface area contributed by atoms with Crippen molar-refractivity contribution in [2.24, 2.45) is 0 Å². The summed E-state index contributed by atoms with van der Waals surface area (Å²) in [6, 6.07) is 13.5. The van der Waals surface area contributed by atoms with Crippen molar-refractivity contribution < 1.29 is 17.9 Å². The van der Waals surface area contributed by atoms with Crippen LogP contribution in [0.4, 0.5) is 5.69 Å². The van der Waals surface area contributed by atoms with E-state index in [1.165, 1.54) is 28.2 Å². The highest BCUT2D eigenvalue weighted by Crippen LogP contribution is 2.26. The molecule has 0 radical (unpaired) electrons. The SMILES string of the molecule is C[C@H](Sc1ccc(Cl)cc1)C(=O)Nc1ccc(S(=O)(=O)N2CCOCC2)cc1. The molecule has 1 saturated heterocycles. The van der Waals surface area contributed by atoms with E-state index in [1.54, 1.807) is 24.3 Å². The predicted octanol–water partition coefficient (Wildman–Crippen LogP) is 3.48. The van der Waals surface area contributed by atoms with Crippen LogP contribution in [0.25, 0.3) is 0 Å². The van der Waals surface area contributed by atoms with Gasteiger partial charge in [-0.1, -0.05) is 11.6 Å². The smallest absolute Gasteiger partial charge is 0.243 e.